The number of rotatable bonds is 3. The van der Waals surface area contributed by atoms with Crippen molar-refractivity contribution < 1.29 is 0 Å². The standard InChI is InChI=1S/C13H18BrNO/c14-10-13(7-3-1-4-8-13)11-15-9-5-2-6-12(15)16/h2,5-6,9H,1,3-4,7-8,10-11H2. The topological polar surface area (TPSA) is 22.0 Å². The van der Waals surface area contributed by atoms with Gasteiger partial charge >= 0.3 is 0 Å². The third-order valence-electron chi connectivity index (χ3n) is 3.60. The molecule has 1 aliphatic carbocycles. The maximum Gasteiger partial charge on any atom is 0.250 e. The fraction of sp³-hybridized carbons (Fsp3) is 0.615. The van der Waals surface area contributed by atoms with Crippen LogP contribution in [0.15, 0.2) is 29.2 Å². The Balaban J connectivity index is 2.18. The maximum atomic E-state index is 11.7. The molecule has 0 atom stereocenters. The zero-order valence-electron chi connectivity index (χ0n) is 9.49. The molecule has 1 aromatic heterocycles. The highest BCUT2D eigenvalue weighted by Gasteiger charge is 2.31. The predicted octanol–water partition coefficient (Wildman–Crippen LogP) is 3.19. The minimum absolute atomic E-state index is 0.119. The number of alkyl halides is 1. The van der Waals surface area contributed by atoms with Crippen molar-refractivity contribution >= 4 is 15.9 Å². The van der Waals surface area contributed by atoms with Crippen LogP contribution in [0.3, 0.4) is 0 Å². The van der Waals surface area contributed by atoms with Gasteiger partial charge in [0.25, 0.3) is 5.56 Å². The Labute approximate surface area is 105 Å². The van der Waals surface area contributed by atoms with Crippen molar-refractivity contribution in [3.8, 4) is 0 Å². The molecule has 0 unspecified atom stereocenters. The van der Waals surface area contributed by atoms with Gasteiger partial charge in [0.15, 0.2) is 0 Å². The van der Waals surface area contributed by atoms with E-state index in [0.29, 0.717) is 5.41 Å². The molecule has 0 amide bonds. The molecule has 0 saturated heterocycles. The minimum Gasteiger partial charge on any atom is -0.315 e. The van der Waals surface area contributed by atoms with Gasteiger partial charge in [0.1, 0.15) is 0 Å². The van der Waals surface area contributed by atoms with Gasteiger partial charge in [0.05, 0.1) is 0 Å². The first-order valence-electron chi connectivity index (χ1n) is 5.97. The van der Waals surface area contributed by atoms with Crippen molar-refractivity contribution in [1.82, 2.24) is 4.57 Å². The molecule has 2 rings (SSSR count). The normalized spacial score (nSPS) is 19.6. The van der Waals surface area contributed by atoms with Gasteiger partial charge in [-0.25, -0.2) is 0 Å². The van der Waals surface area contributed by atoms with Crippen molar-refractivity contribution in [1.29, 1.82) is 0 Å². The Morgan fingerprint density at radius 1 is 1.25 bits per heavy atom. The van der Waals surface area contributed by atoms with Gasteiger partial charge in [0.2, 0.25) is 0 Å². The first-order valence-corrected chi connectivity index (χ1v) is 7.09. The second-order valence-electron chi connectivity index (χ2n) is 4.86. The lowest BCUT2D eigenvalue weighted by Crippen LogP contribution is -2.34. The number of halogens is 1. The first-order chi connectivity index (χ1) is 7.76. The fourth-order valence-electron chi connectivity index (χ4n) is 2.59. The molecule has 0 radical (unpaired) electrons. The summed E-state index contributed by atoms with van der Waals surface area (Å²) in [5.74, 6) is 0. The van der Waals surface area contributed by atoms with Crippen molar-refractivity contribution in [3.05, 3.63) is 34.7 Å². The van der Waals surface area contributed by atoms with Gasteiger partial charge in [-0.05, 0) is 24.3 Å². The quantitative estimate of drug-likeness (QED) is 0.781. The Kier molecular flexibility index (Phi) is 3.85. The van der Waals surface area contributed by atoms with Crippen LogP contribution in [0.2, 0.25) is 0 Å². The van der Waals surface area contributed by atoms with Gasteiger partial charge in [-0.2, -0.15) is 0 Å². The molecule has 1 fully saturated rings. The van der Waals surface area contributed by atoms with E-state index in [1.807, 2.05) is 16.8 Å². The van der Waals surface area contributed by atoms with Gasteiger partial charge in [0, 0.05) is 24.1 Å². The second-order valence-corrected chi connectivity index (χ2v) is 5.42. The van der Waals surface area contributed by atoms with E-state index < -0.39 is 0 Å². The summed E-state index contributed by atoms with van der Waals surface area (Å²) in [6, 6.07) is 5.39. The molecule has 0 bridgehead atoms. The van der Waals surface area contributed by atoms with E-state index in [9.17, 15) is 4.79 Å². The van der Waals surface area contributed by atoms with Crippen LogP contribution < -0.4 is 5.56 Å². The summed E-state index contributed by atoms with van der Waals surface area (Å²) in [5.41, 5.74) is 0.414. The highest BCUT2D eigenvalue weighted by molar-refractivity contribution is 9.09. The molecule has 88 valence electrons. The van der Waals surface area contributed by atoms with Crippen LogP contribution in [0.25, 0.3) is 0 Å². The predicted molar refractivity (Wildman–Crippen MR) is 70.0 cm³/mol. The SMILES string of the molecule is O=c1ccccn1CC1(CBr)CCCCC1. The molecule has 1 heterocycles. The first kappa shape index (κ1) is 11.9. The minimum atomic E-state index is 0.119. The molecule has 2 nitrogen and oxygen atoms in total. The van der Waals surface area contributed by atoms with E-state index in [-0.39, 0.29) is 5.56 Å². The Morgan fingerprint density at radius 3 is 2.62 bits per heavy atom. The van der Waals surface area contributed by atoms with Crippen LogP contribution in [0.1, 0.15) is 32.1 Å². The van der Waals surface area contributed by atoms with Crippen molar-refractivity contribution in [2.75, 3.05) is 5.33 Å². The average molecular weight is 284 g/mol. The second kappa shape index (κ2) is 5.17. The van der Waals surface area contributed by atoms with Gasteiger partial charge in [-0.1, -0.05) is 41.3 Å². The van der Waals surface area contributed by atoms with Crippen molar-refractivity contribution in [3.63, 3.8) is 0 Å². The zero-order valence-corrected chi connectivity index (χ0v) is 11.1. The highest BCUT2D eigenvalue weighted by Crippen LogP contribution is 2.38. The molecule has 1 aliphatic rings. The molecule has 16 heavy (non-hydrogen) atoms. The summed E-state index contributed by atoms with van der Waals surface area (Å²) in [6.07, 6.45) is 8.32. The van der Waals surface area contributed by atoms with E-state index in [1.54, 1.807) is 12.1 Å². The lowest BCUT2D eigenvalue weighted by molar-refractivity contribution is 0.189. The molecule has 1 aromatic rings. The number of pyridine rings is 1. The van der Waals surface area contributed by atoms with Crippen molar-refractivity contribution in [2.24, 2.45) is 5.41 Å². The molecule has 0 spiro atoms. The maximum absolute atomic E-state index is 11.7. The summed E-state index contributed by atoms with van der Waals surface area (Å²) in [4.78, 5) is 11.7. The number of aromatic nitrogens is 1. The summed E-state index contributed by atoms with van der Waals surface area (Å²) in [6.45, 7) is 0.859. The van der Waals surface area contributed by atoms with Crippen LogP contribution >= 0.6 is 15.9 Å². The van der Waals surface area contributed by atoms with Crippen LogP contribution in [-0.4, -0.2) is 9.90 Å². The van der Waals surface area contributed by atoms with E-state index in [2.05, 4.69) is 15.9 Å². The summed E-state index contributed by atoms with van der Waals surface area (Å²) >= 11 is 3.63. The third kappa shape index (κ3) is 2.57. The largest absolute Gasteiger partial charge is 0.315 e. The van der Waals surface area contributed by atoms with Gasteiger partial charge in [-0.3, -0.25) is 4.79 Å². The average Bonchev–Trinajstić information content (AvgIpc) is 2.33. The Morgan fingerprint density at radius 2 is 2.00 bits per heavy atom. The summed E-state index contributed by atoms with van der Waals surface area (Å²) in [7, 11) is 0. The van der Waals surface area contributed by atoms with E-state index in [4.69, 9.17) is 0 Å². The third-order valence-corrected chi connectivity index (χ3v) is 4.79. The fourth-order valence-corrected chi connectivity index (χ4v) is 3.33. The smallest absolute Gasteiger partial charge is 0.250 e. The Bertz CT molecular complexity index is 393. The van der Waals surface area contributed by atoms with E-state index >= 15 is 0 Å². The van der Waals surface area contributed by atoms with Gasteiger partial charge in [-0.15, -0.1) is 0 Å². The van der Waals surface area contributed by atoms with E-state index in [1.165, 1.54) is 32.1 Å². The number of hydrogen-bond donors (Lipinski definition) is 0. The molecule has 3 heteroatoms. The van der Waals surface area contributed by atoms with Crippen LogP contribution in [0.5, 0.6) is 0 Å². The summed E-state index contributed by atoms with van der Waals surface area (Å²) < 4.78 is 1.85. The Hall–Kier alpha value is -0.570. The van der Waals surface area contributed by atoms with Crippen LogP contribution in [0, 0.1) is 5.41 Å². The van der Waals surface area contributed by atoms with Gasteiger partial charge < -0.3 is 4.57 Å². The molecular weight excluding hydrogens is 266 g/mol. The van der Waals surface area contributed by atoms with Crippen LogP contribution in [-0.2, 0) is 6.54 Å². The highest BCUT2D eigenvalue weighted by atomic mass is 79.9. The molecule has 0 N–H and O–H groups in total. The van der Waals surface area contributed by atoms with Crippen LogP contribution in [0.4, 0.5) is 0 Å². The molecule has 1 saturated carbocycles. The van der Waals surface area contributed by atoms with Crippen molar-refractivity contribution in [2.45, 2.75) is 38.6 Å². The number of nitrogens with zero attached hydrogens (tertiary/aromatic N) is 1. The number of hydrogen-bond acceptors (Lipinski definition) is 1. The molecule has 0 aliphatic heterocycles. The monoisotopic (exact) mass is 283 g/mol. The lowest BCUT2D eigenvalue weighted by Gasteiger charge is -2.36. The molecular formula is C13H18BrNO. The lowest BCUT2D eigenvalue weighted by atomic mass is 9.75. The van der Waals surface area contributed by atoms with E-state index in [0.717, 1.165) is 11.9 Å². The summed E-state index contributed by atoms with van der Waals surface area (Å²) in [5, 5.41) is 1.00. The molecule has 0 aromatic carbocycles. The zero-order chi connectivity index (χ0) is 11.4.